The summed E-state index contributed by atoms with van der Waals surface area (Å²) in [6.45, 7) is 6.61. The van der Waals surface area contributed by atoms with Gasteiger partial charge in [0.1, 0.15) is 0 Å². The first-order chi connectivity index (χ1) is 12.0. The number of hydrogen-bond acceptors (Lipinski definition) is 3. The second-order valence-electron chi connectivity index (χ2n) is 7.38. The maximum atomic E-state index is 5.46. The third-order valence-electron chi connectivity index (χ3n) is 4.49. The third kappa shape index (κ3) is 3.07. The molecule has 2 aromatic heterocycles. The highest BCUT2D eigenvalue weighted by molar-refractivity contribution is 5.83. The van der Waals surface area contributed by atoms with Crippen molar-refractivity contribution in [3.05, 3.63) is 71.7 Å². The molecule has 2 heterocycles. The molecule has 0 aliphatic carbocycles. The quantitative estimate of drug-likeness (QED) is 0.568. The number of nitrogens with one attached hydrogen (secondary N) is 1. The molecular formula is C21H21N3O. The Morgan fingerprint density at radius 2 is 1.76 bits per heavy atom. The molecule has 0 saturated heterocycles. The lowest BCUT2D eigenvalue weighted by molar-refractivity contribution is 0.386. The summed E-state index contributed by atoms with van der Waals surface area (Å²) in [5, 5.41) is 5.33. The molecule has 0 fully saturated rings. The van der Waals surface area contributed by atoms with E-state index in [1.54, 1.807) is 0 Å². The maximum absolute atomic E-state index is 5.46. The summed E-state index contributed by atoms with van der Waals surface area (Å²) in [6, 6.07) is 16.6. The first kappa shape index (κ1) is 15.6. The number of benzene rings is 2. The standard InChI is InChI=1S/C21H21N3O/c1-21(2,3)16-10-8-14(9-11-16)20-23-19(25-24-20)12-15-13-22-18-7-5-4-6-17(15)18/h4-11,13,22H,12H2,1-3H3. The SMILES string of the molecule is CC(C)(C)c1ccc(-c2noc(Cc3c[nH]c4ccccc34)n2)cc1. The van der Waals surface area contributed by atoms with Gasteiger partial charge >= 0.3 is 0 Å². The highest BCUT2D eigenvalue weighted by atomic mass is 16.5. The number of hydrogen-bond donors (Lipinski definition) is 1. The second kappa shape index (κ2) is 5.88. The molecule has 0 spiro atoms. The first-order valence-electron chi connectivity index (χ1n) is 8.49. The molecule has 4 aromatic rings. The van der Waals surface area contributed by atoms with Gasteiger partial charge in [-0.15, -0.1) is 0 Å². The summed E-state index contributed by atoms with van der Waals surface area (Å²) in [5.74, 6) is 1.26. The van der Waals surface area contributed by atoms with Gasteiger partial charge in [0.2, 0.25) is 11.7 Å². The first-order valence-corrected chi connectivity index (χ1v) is 8.49. The molecule has 0 aliphatic heterocycles. The van der Waals surface area contributed by atoms with E-state index in [0.29, 0.717) is 18.1 Å². The molecule has 0 bridgehead atoms. The minimum atomic E-state index is 0.135. The van der Waals surface area contributed by atoms with Crippen LogP contribution in [0.5, 0.6) is 0 Å². The number of H-pyrrole nitrogens is 1. The fraction of sp³-hybridized carbons (Fsp3) is 0.238. The van der Waals surface area contributed by atoms with E-state index in [0.717, 1.165) is 16.6 Å². The number of rotatable bonds is 3. The molecule has 1 N–H and O–H groups in total. The summed E-state index contributed by atoms with van der Waals surface area (Å²) in [6.07, 6.45) is 2.63. The lowest BCUT2D eigenvalue weighted by Crippen LogP contribution is -2.10. The largest absolute Gasteiger partial charge is 0.361 e. The van der Waals surface area contributed by atoms with Gasteiger partial charge in [0, 0.05) is 22.7 Å². The lowest BCUT2D eigenvalue weighted by atomic mass is 9.87. The molecule has 0 amide bonds. The molecule has 0 radical (unpaired) electrons. The summed E-state index contributed by atoms with van der Waals surface area (Å²) in [4.78, 5) is 7.84. The fourth-order valence-electron chi connectivity index (χ4n) is 3.00. The average Bonchev–Trinajstić information content (AvgIpc) is 3.22. The van der Waals surface area contributed by atoms with E-state index >= 15 is 0 Å². The van der Waals surface area contributed by atoms with Crippen molar-refractivity contribution < 1.29 is 4.52 Å². The highest BCUT2D eigenvalue weighted by Gasteiger charge is 2.15. The predicted octanol–water partition coefficient (Wildman–Crippen LogP) is 5.11. The van der Waals surface area contributed by atoms with Crippen LogP contribution in [0.2, 0.25) is 0 Å². The van der Waals surface area contributed by atoms with Crippen molar-refractivity contribution in [3.63, 3.8) is 0 Å². The van der Waals surface area contributed by atoms with Crippen LogP contribution in [0.15, 0.2) is 59.3 Å². The minimum Gasteiger partial charge on any atom is -0.361 e. The molecule has 0 atom stereocenters. The van der Waals surface area contributed by atoms with Crippen molar-refractivity contribution in [2.45, 2.75) is 32.6 Å². The van der Waals surface area contributed by atoms with E-state index in [4.69, 9.17) is 4.52 Å². The number of aromatic amines is 1. The monoisotopic (exact) mass is 331 g/mol. The van der Waals surface area contributed by atoms with Crippen LogP contribution in [-0.4, -0.2) is 15.1 Å². The van der Waals surface area contributed by atoms with E-state index < -0.39 is 0 Å². The predicted molar refractivity (Wildman–Crippen MR) is 99.5 cm³/mol. The minimum absolute atomic E-state index is 0.135. The Morgan fingerprint density at radius 3 is 2.52 bits per heavy atom. The number of para-hydroxylation sites is 1. The van der Waals surface area contributed by atoms with Gasteiger partial charge in [0.25, 0.3) is 0 Å². The van der Waals surface area contributed by atoms with Crippen molar-refractivity contribution in [3.8, 4) is 11.4 Å². The van der Waals surface area contributed by atoms with Crippen LogP contribution in [-0.2, 0) is 11.8 Å². The third-order valence-corrected chi connectivity index (χ3v) is 4.49. The van der Waals surface area contributed by atoms with Crippen LogP contribution in [0.1, 0.15) is 37.8 Å². The molecule has 4 nitrogen and oxygen atoms in total. The van der Waals surface area contributed by atoms with Gasteiger partial charge in [-0.25, -0.2) is 0 Å². The van der Waals surface area contributed by atoms with Gasteiger partial charge in [-0.1, -0.05) is 68.4 Å². The Hall–Kier alpha value is -2.88. The van der Waals surface area contributed by atoms with Crippen LogP contribution < -0.4 is 0 Å². The lowest BCUT2D eigenvalue weighted by Gasteiger charge is -2.18. The van der Waals surface area contributed by atoms with Crippen molar-refractivity contribution >= 4 is 10.9 Å². The summed E-state index contributed by atoms with van der Waals surface area (Å²) in [5.41, 5.74) is 4.68. The van der Waals surface area contributed by atoms with E-state index in [2.05, 4.69) is 72.3 Å². The Kier molecular flexibility index (Phi) is 3.68. The molecule has 0 aliphatic rings. The van der Waals surface area contributed by atoms with Gasteiger partial charge < -0.3 is 9.51 Å². The van der Waals surface area contributed by atoms with Crippen LogP contribution in [0.25, 0.3) is 22.3 Å². The Labute approximate surface area is 146 Å². The van der Waals surface area contributed by atoms with Gasteiger partial charge in [0.05, 0.1) is 6.42 Å². The van der Waals surface area contributed by atoms with Gasteiger partial charge in [-0.05, 0) is 22.6 Å². The van der Waals surface area contributed by atoms with Crippen LogP contribution in [0.4, 0.5) is 0 Å². The van der Waals surface area contributed by atoms with E-state index in [-0.39, 0.29) is 5.41 Å². The van der Waals surface area contributed by atoms with Gasteiger partial charge in [-0.3, -0.25) is 0 Å². The summed E-state index contributed by atoms with van der Waals surface area (Å²) in [7, 11) is 0. The fourth-order valence-corrected chi connectivity index (χ4v) is 3.00. The number of aromatic nitrogens is 3. The average molecular weight is 331 g/mol. The molecule has 25 heavy (non-hydrogen) atoms. The van der Waals surface area contributed by atoms with Crippen LogP contribution >= 0.6 is 0 Å². The van der Waals surface area contributed by atoms with Crippen LogP contribution in [0.3, 0.4) is 0 Å². The van der Waals surface area contributed by atoms with Crippen molar-refractivity contribution in [1.29, 1.82) is 0 Å². The number of fused-ring (bicyclic) bond motifs is 1. The molecule has 4 heteroatoms. The van der Waals surface area contributed by atoms with E-state index in [1.165, 1.54) is 10.9 Å². The van der Waals surface area contributed by atoms with Crippen LogP contribution in [0, 0.1) is 0 Å². The molecule has 126 valence electrons. The number of nitrogens with zero attached hydrogens (tertiary/aromatic N) is 2. The Morgan fingerprint density at radius 1 is 1.00 bits per heavy atom. The van der Waals surface area contributed by atoms with E-state index in [9.17, 15) is 0 Å². The Bertz CT molecular complexity index is 1000. The molecule has 4 rings (SSSR count). The van der Waals surface area contributed by atoms with Crippen molar-refractivity contribution in [2.24, 2.45) is 0 Å². The smallest absolute Gasteiger partial charge is 0.231 e. The molecule has 0 saturated carbocycles. The van der Waals surface area contributed by atoms with E-state index in [1.807, 2.05) is 18.3 Å². The summed E-state index contributed by atoms with van der Waals surface area (Å²) >= 11 is 0. The zero-order valence-electron chi connectivity index (χ0n) is 14.7. The molecule has 0 unspecified atom stereocenters. The maximum Gasteiger partial charge on any atom is 0.231 e. The summed E-state index contributed by atoms with van der Waals surface area (Å²) < 4.78 is 5.46. The van der Waals surface area contributed by atoms with Crippen molar-refractivity contribution in [2.75, 3.05) is 0 Å². The highest BCUT2D eigenvalue weighted by Crippen LogP contribution is 2.26. The Balaban J connectivity index is 1.58. The normalized spacial score (nSPS) is 12.0. The van der Waals surface area contributed by atoms with Crippen molar-refractivity contribution in [1.82, 2.24) is 15.1 Å². The van der Waals surface area contributed by atoms with Gasteiger partial charge in [-0.2, -0.15) is 4.98 Å². The second-order valence-corrected chi connectivity index (χ2v) is 7.38. The molecule has 2 aromatic carbocycles. The zero-order valence-corrected chi connectivity index (χ0v) is 14.7. The zero-order chi connectivity index (χ0) is 17.4. The molecular weight excluding hydrogens is 310 g/mol. The van der Waals surface area contributed by atoms with Gasteiger partial charge in [0.15, 0.2) is 0 Å². The topological polar surface area (TPSA) is 54.7 Å².